The fraction of sp³-hybridized carbons (Fsp3) is 1.00. The Morgan fingerprint density at radius 2 is 2.00 bits per heavy atom. The van der Waals surface area contributed by atoms with E-state index in [1.54, 1.807) is 0 Å². The number of rotatable bonds is 6. The van der Waals surface area contributed by atoms with Crippen molar-refractivity contribution in [2.75, 3.05) is 33.7 Å². The van der Waals surface area contributed by atoms with Crippen LogP contribution in [0.4, 0.5) is 0 Å². The molecule has 0 radical (unpaired) electrons. The second-order valence-corrected chi connectivity index (χ2v) is 7.65. The third-order valence-electron chi connectivity index (χ3n) is 5.40. The zero-order chi connectivity index (χ0) is 15.4. The highest BCUT2D eigenvalue weighted by Gasteiger charge is 2.35. The molecule has 0 aromatic rings. The molecule has 0 spiro atoms. The molecule has 4 heteroatoms. The van der Waals surface area contributed by atoms with Gasteiger partial charge in [0, 0.05) is 31.7 Å². The average molecular weight is 297 g/mol. The van der Waals surface area contributed by atoms with Gasteiger partial charge in [-0.1, -0.05) is 19.8 Å². The molecule has 0 aromatic heterocycles. The monoisotopic (exact) mass is 297 g/mol. The van der Waals surface area contributed by atoms with Crippen LogP contribution in [0.25, 0.3) is 0 Å². The van der Waals surface area contributed by atoms with Gasteiger partial charge in [-0.2, -0.15) is 0 Å². The quantitative estimate of drug-likeness (QED) is 0.780. The van der Waals surface area contributed by atoms with Crippen LogP contribution in [0, 0.1) is 11.8 Å². The summed E-state index contributed by atoms with van der Waals surface area (Å²) >= 11 is 0. The number of hydrogen-bond donors (Lipinski definition) is 2. The molecule has 2 fully saturated rings. The van der Waals surface area contributed by atoms with Gasteiger partial charge < -0.3 is 15.7 Å². The predicted octanol–water partition coefficient (Wildman–Crippen LogP) is 1.53. The summed E-state index contributed by atoms with van der Waals surface area (Å²) in [6.45, 7) is 5.24. The van der Waals surface area contributed by atoms with E-state index in [0.717, 1.165) is 32.0 Å². The molecule has 5 atom stereocenters. The zero-order valence-corrected chi connectivity index (χ0v) is 14.2. The molecule has 1 saturated carbocycles. The van der Waals surface area contributed by atoms with E-state index < -0.39 is 0 Å². The van der Waals surface area contributed by atoms with Crippen LogP contribution >= 0.6 is 0 Å². The smallest absolute Gasteiger partial charge is 0.0682 e. The molecule has 0 amide bonds. The molecule has 2 aliphatic rings. The molecule has 1 aliphatic carbocycles. The maximum Gasteiger partial charge on any atom is 0.0682 e. The third kappa shape index (κ3) is 4.92. The van der Waals surface area contributed by atoms with Gasteiger partial charge >= 0.3 is 0 Å². The van der Waals surface area contributed by atoms with Gasteiger partial charge in [-0.05, 0) is 51.6 Å². The molecule has 21 heavy (non-hydrogen) atoms. The minimum absolute atomic E-state index is 0.152. The van der Waals surface area contributed by atoms with Crippen LogP contribution < -0.4 is 5.73 Å². The lowest BCUT2D eigenvalue weighted by molar-refractivity contribution is 0.122. The van der Waals surface area contributed by atoms with Crippen molar-refractivity contribution in [3.63, 3.8) is 0 Å². The molecule has 1 aliphatic heterocycles. The Morgan fingerprint density at radius 1 is 1.24 bits per heavy atom. The lowest BCUT2D eigenvalue weighted by Gasteiger charge is -2.38. The maximum atomic E-state index is 10.0. The first kappa shape index (κ1) is 17.2. The van der Waals surface area contributed by atoms with Crippen molar-refractivity contribution in [1.29, 1.82) is 0 Å². The van der Waals surface area contributed by atoms with Gasteiger partial charge in [0.05, 0.1) is 6.10 Å². The van der Waals surface area contributed by atoms with E-state index in [9.17, 15) is 5.11 Å². The minimum atomic E-state index is -0.152. The molecular weight excluding hydrogens is 262 g/mol. The minimum Gasteiger partial charge on any atom is -0.392 e. The molecular formula is C17H35N3O. The van der Waals surface area contributed by atoms with Crippen molar-refractivity contribution in [3.05, 3.63) is 0 Å². The summed E-state index contributed by atoms with van der Waals surface area (Å²) in [4.78, 5) is 4.74. The molecule has 1 heterocycles. The fourth-order valence-corrected chi connectivity index (χ4v) is 4.36. The Labute approximate surface area is 130 Å². The lowest BCUT2D eigenvalue weighted by Crippen LogP contribution is -2.46. The highest BCUT2D eigenvalue weighted by atomic mass is 16.3. The number of aliphatic hydroxyl groups is 1. The van der Waals surface area contributed by atoms with Crippen molar-refractivity contribution >= 4 is 0 Å². The fourth-order valence-electron chi connectivity index (χ4n) is 4.36. The topological polar surface area (TPSA) is 52.7 Å². The first-order valence-corrected chi connectivity index (χ1v) is 8.82. The first-order valence-electron chi connectivity index (χ1n) is 8.82. The SMILES string of the molecule is CCCC1CCC(N)C(CN2CC(O)CC2CN(C)C)C1. The Bertz CT molecular complexity index is 310. The Hall–Kier alpha value is -0.160. The first-order chi connectivity index (χ1) is 9.99. The Morgan fingerprint density at radius 3 is 2.67 bits per heavy atom. The summed E-state index contributed by atoms with van der Waals surface area (Å²) in [5.74, 6) is 1.49. The summed E-state index contributed by atoms with van der Waals surface area (Å²) < 4.78 is 0. The van der Waals surface area contributed by atoms with Gasteiger partial charge in [-0.15, -0.1) is 0 Å². The maximum absolute atomic E-state index is 10.0. The molecule has 0 bridgehead atoms. The van der Waals surface area contributed by atoms with Gasteiger partial charge in [0.1, 0.15) is 0 Å². The predicted molar refractivity (Wildman–Crippen MR) is 88.3 cm³/mol. The zero-order valence-electron chi connectivity index (χ0n) is 14.2. The molecule has 0 aromatic carbocycles. The number of hydrogen-bond acceptors (Lipinski definition) is 4. The summed E-state index contributed by atoms with van der Waals surface area (Å²) in [6, 6.07) is 0.851. The van der Waals surface area contributed by atoms with E-state index in [4.69, 9.17) is 5.73 Å². The van der Waals surface area contributed by atoms with Crippen molar-refractivity contribution in [2.45, 2.75) is 63.6 Å². The van der Waals surface area contributed by atoms with E-state index >= 15 is 0 Å². The summed E-state index contributed by atoms with van der Waals surface area (Å²) in [6.07, 6.45) is 7.19. The highest BCUT2D eigenvalue weighted by Crippen LogP contribution is 2.33. The van der Waals surface area contributed by atoms with Crippen LogP contribution in [0.5, 0.6) is 0 Å². The van der Waals surface area contributed by atoms with Crippen LogP contribution in [-0.2, 0) is 0 Å². The van der Waals surface area contributed by atoms with Gasteiger partial charge in [0.15, 0.2) is 0 Å². The number of aliphatic hydroxyl groups excluding tert-OH is 1. The molecule has 4 nitrogen and oxygen atoms in total. The van der Waals surface area contributed by atoms with Gasteiger partial charge in [0.2, 0.25) is 0 Å². The molecule has 3 N–H and O–H groups in total. The lowest BCUT2D eigenvalue weighted by atomic mass is 9.76. The van der Waals surface area contributed by atoms with Crippen molar-refractivity contribution < 1.29 is 5.11 Å². The van der Waals surface area contributed by atoms with Gasteiger partial charge in [-0.3, -0.25) is 4.90 Å². The van der Waals surface area contributed by atoms with E-state index in [2.05, 4.69) is 30.8 Å². The van der Waals surface area contributed by atoms with Crippen LogP contribution in [0.2, 0.25) is 0 Å². The Kier molecular flexibility index (Phi) is 6.48. The van der Waals surface area contributed by atoms with Crippen LogP contribution in [-0.4, -0.2) is 66.8 Å². The van der Waals surface area contributed by atoms with Crippen molar-refractivity contribution in [2.24, 2.45) is 17.6 Å². The third-order valence-corrected chi connectivity index (χ3v) is 5.40. The summed E-state index contributed by atoms with van der Waals surface area (Å²) in [7, 11) is 4.24. The van der Waals surface area contributed by atoms with E-state index in [0.29, 0.717) is 18.0 Å². The summed E-state index contributed by atoms with van der Waals surface area (Å²) in [5, 5.41) is 10.0. The second-order valence-electron chi connectivity index (χ2n) is 7.65. The van der Waals surface area contributed by atoms with Crippen LogP contribution in [0.1, 0.15) is 45.4 Å². The van der Waals surface area contributed by atoms with E-state index in [-0.39, 0.29) is 6.10 Å². The van der Waals surface area contributed by atoms with Crippen LogP contribution in [0.3, 0.4) is 0 Å². The van der Waals surface area contributed by atoms with Gasteiger partial charge in [0.25, 0.3) is 0 Å². The van der Waals surface area contributed by atoms with E-state index in [1.165, 1.54) is 32.1 Å². The highest BCUT2D eigenvalue weighted by molar-refractivity contribution is 4.91. The largest absolute Gasteiger partial charge is 0.392 e. The van der Waals surface area contributed by atoms with Crippen molar-refractivity contribution in [1.82, 2.24) is 9.80 Å². The number of β-amino-alcohol motifs (C(OH)–C–C–N with tert-alkyl or cyclic N) is 1. The number of nitrogens with two attached hydrogens (primary N) is 1. The van der Waals surface area contributed by atoms with E-state index in [1.807, 2.05) is 0 Å². The molecule has 124 valence electrons. The number of likely N-dealkylation sites (N-methyl/N-ethyl adjacent to an activating group) is 1. The Balaban J connectivity index is 1.91. The molecule has 5 unspecified atom stereocenters. The number of nitrogens with zero attached hydrogens (tertiary/aromatic N) is 2. The average Bonchev–Trinajstić information content (AvgIpc) is 2.73. The second kappa shape index (κ2) is 7.91. The molecule has 2 rings (SSSR count). The number of likely N-dealkylation sites (tertiary alicyclic amines) is 1. The standard InChI is InChI=1S/C17H35N3O/c1-4-5-13-6-7-17(18)14(8-13)10-20-12-16(21)9-15(20)11-19(2)3/h13-17,21H,4-12,18H2,1-3H3. The van der Waals surface area contributed by atoms with Gasteiger partial charge in [-0.25, -0.2) is 0 Å². The van der Waals surface area contributed by atoms with Crippen LogP contribution in [0.15, 0.2) is 0 Å². The summed E-state index contributed by atoms with van der Waals surface area (Å²) in [5.41, 5.74) is 6.40. The normalized spacial score (nSPS) is 38.3. The molecule has 1 saturated heterocycles. The van der Waals surface area contributed by atoms with Crippen molar-refractivity contribution in [3.8, 4) is 0 Å².